The van der Waals surface area contributed by atoms with Crippen LogP contribution >= 0.6 is 7.82 Å². The molecule has 0 aromatic carbocycles. The fraction of sp³-hybridized carbons (Fsp3) is 0.907. The number of ether oxygens (including phenoxy) is 1. The Bertz CT molecular complexity index is 886. The number of phosphoric ester groups is 1. The highest BCUT2D eigenvalue weighted by molar-refractivity contribution is 7.47. The van der Waals surface area contributed by atoms with Crippen LogP contribution in [0.1, 0.15) is 219 Å². The van der Waals surface area contributed by atoms with Gasteiger partial charge in [-0.3, -0.25) is 18.6 Å². The van der Waals surface area contributed by atoms with Crippen LogP contribution in [0.3, 0.4) is 0 Å². The average molecular weight is 774 g/mol. The molecule has 2 unspecified atom stereocenters. The van der Waals surface area contributed by atoms with Gasteiger partial charge in [0.1, 0.15) is 12.7 Å². The molecule has 1 amide bonds. The van der Waals surface area contributed by atoms with Crippen molar-refractivity contribution in [3.8, 4) is 0 Å². The minimum Gasteiger partial charge on any atom is -0.463 e. The van der Waals surface area contributed by atoms with Crippen molar-refractivity contribution in [3.63, 3.8) is 0 Å². The van der Waals surface area contributed by atoms with Crippen LogP contribution in [0.15, 0.2) is 12.2 Å². The van der Waals surface area contributed by atoms with Crippen LogP contribution < -0.4 is 5.32 Å². The maximum absolute atomic E-state index is 12.1. The molecule has 0 aliphatic carbocycles. The summed E-state index contributed by atoms with van der Waals surface area (Å²) < 4.78 is 26.9. The van der Waals surface area contributed by atoms with Crippen LogP contribution in [0.4, 0.5) is 0 Å². The smallest absolute Gasteiger partial charge is 0.463 e. The third kappa shape index (κ3) is 41.7. The normalized spacial score (nSPS) is 13.4. The summed E-state index contributed by atoms with van der Waals surface area (Å²) >= 11 is 0. The average Bonchev–Trinajstić information content (AvgIpc) is 3.14. The Balaban J connectivity index is 3.57. The van der Waals surface area contributed by atoms with Crippen molar-refractivity contribution in [2.24, 2.45) is 0 Å². The molecule has 0 aromatic heterocycles. The molecule has 0 spiro atoms. The quantitative estimate of drug-likeness (QED) is 0.0242. The van der Waals surface area contributed by atoms with Crippen molar-refractivity contribution >= 4 is 19.7 Å². The van der Waals surface area contributed by atoms with E-state index in [2.05, 4.69) is 31.3 Å². The highest BCUT2D eigenvalue weighted by atomic mass is 31.2. The third-order valence-corrected chi connectivity index (χ3v) is 10.7. The molecular formula is C43H84NO8P. The van der Waals surface area contributed by atoms with E-state index < -0.39 is 26.5 Å². The molecule has 0 radical (unpaired) electrons. The number of amides is 1. The third-order valence-electron chi connectivity index (χ3n) is 9.70. The minimum absolute atomic E-state index is 0.0830. The second-order valence-electron chi connectivity index (χ2n) is 15.0. The Kier molecular flexibility index (Phi) is 39.5. The lowest BCUT2D eigenvalue weighted by Gasteiger charge is -2.15. The molecule has 0 fully saturated rings. The molecule has 9 nitrogen and oxygen atoms in total. The monoisotopic (exact) mass is 774 g/mol. The molecule has 10 heteroatoms. The lowest BCUT2D eigenvalue weighted by molar-refractivity contribution is -0.147. The standard InChI is InChI=1S/C43H84NO8P/c1-3-5-7-9-11-13-15-17-19-20-21-22-23-25-27-29-31-33-35-42(46)44-37-38-51-53(48,49)52-40-41(45)39-50-43(47)36-34-32-30-28-26-24-18-16-14-12-10-8-6-4-2/h19-20,41,45H,3-18,21-40H2,1-2H3,(H,44,46)(H,48,49)/b20-19-. The molecule has 0 saturated heterocycles. The first kappa shape index (κ1) is 51.8. The van der Waals surface area contributed by atoms with Gasteiger partial charge in [0.15, 0.2) is 0 Å². The van der Waals surface area contributed by atoms with Crippen LogP contribution in [0.25, 0.3) is 0 Å². The van der Waals surface area contributed by atoms with E-state index >= 15 is 0 Å². The highest BCUT2D eigenvalue weighted by Gasteiger charge is 2.23. The number of carbonyl (C=O) groups excluding carboxylic acids is 2. The van der Waals surface area contributed by atoms with Crippen molar-refractivity contribution in [2.75, 3.05) is 26.4 Å². The zero-order valence-corrected chi connectivity index (χ0v) is 35.4. The number of allylic oxidation sites excluding steroid dienone is 2. The predicted molar refractivity (Wildman–Crippen MR) is 220 cm³/mol. The molecule has 0 aromatic rings. The first-order valence-corrected chi connectivity index (χ1v) is 23.7. The van der Waals surface area contributed by atoms with Crippen molar-refractivity contribution in [2.45, 2.75) is 225 Å². The van der Waals surface area contributed by atoms with Gasteiger partial charge in [0.2, 0.25) is 5.91 Å². The number of hydrogen-bond donors (Lipinski definition) is 3. The van der Waals surface area contributed by atoms with Gasteiger partial charge in [-0.1, -0.05) is 180 Å². The molecule has 0 bridgehead atoms. The van der Waals surface area contributed by atoms with Gasteiger partial charge in [-0.05, 0) is 38.5 Å². The van der Waals surface area contributed by atoms with E-state index in [1.54, 1.807) is 0 Å². The van der Waals surface area contributed by atoms with E-state index in [4.69, 9.17) is 13.8 Å². The first-order chi connectivity index (χ1) is 25.8. The molecular weight excluding hydrogens is 689 g/mol. The molecule has 0 heterocycles. The topological polar surface area (TPSA) is 131 Å². The molecule has 0 rings (SSSR count). The summed E-state index contributed by atoms with van der Waals surface area (Å²) in [5.41, 5.74) is 0. The SMILES string of the molecule is CCCCCCCCC/C=C\CCCCCCCCCC(=O)NCCOP(=O)(O)OCC(O)COC(=O)CCCCCCCCCCCCCCCC. The second kappa shape index (κ2) is 40.4. The number of aliphatic hydroxyl groups excluding tert-OH is 1. The van der Waals surface area contributed by atoms with E-state index in [0.717, 1.165) is 38.5 Å². The molecule has 0 saturated carbocycles. The summed E-state index contributed by atoms with van der Waals surface area (Å²) in [6.45, 7) is 3.57. The molecule has 2 atom stereocenters. The van der Waals surface area contributed by atoms with Crippen LogP contribution in [-0.4, -0.2) is 54.3 Å². The molecule has 0 aliphatic rings. The van der Waals surface area contributed by atoms with Gasteiger partial charge in [0.25, 0.3) is 0 Å². The largest absolute Gasteiger partial charge is 0.472 e. The number of aliphatic hydroxyl groups is 1. The van der Waals surface area contributed by atoms with E-state index in [0.29, 0.717) is 6.42 Å². The lowest BCUT2D eigenvalue weighted by atomic mass is 10.0. The minimum atomic E-state index is -4.41. The number of hydrogen-bond acceptors (Lipinski definition) is 7. The lowest BCUT2D eigenvalue weighted by Crippen LogP contribution is -2.27. The number of rotatable bonds is 42. The Morgan fingerprint density at radius 1 is 0.566 bits per heavy atom. The van der Waals surface area contributed by atoms with E-state index in [1.807, 2.05) is 0 Å². The fourth-order valence-corrected chi connectivity index (χ4v) is 7.07. The maximum Gasteiger partial charge on any atom is 0.472 e. The van der Waals surface area contributed by atoms with Crippen LogP contribution in [0.5, 0.6) is 0 Å². The van der Waals surface area contributed by atoms with Gasteiger partial charge >= 0.3 is 13.8 Å². The maximum atomic E-state index is 12.1. The molecule has 0 aliphatic heterocycles. The van der Waals surface area contributed by atoms with Crippen molar-refractivity contribution in [1.29, 1.82) is 0 Å². The summed E-state index contributed by atoms with van der Waals surface area (Å²) in [5, 5.41) is 12.7. The van der Waals surface area contributed by atoms with Gasteiger partial charge < -0.3 is 20.1 Å². The molecule has 3 N–H and O–H groups in total. The van der Waals surface area contributed by atoms with Crippen molar-refractivity contribution < 1.29 is 37.9 Å². The number of phosphoric acid groups is 1. The summed E-state index contributed by atoms with van der Waals surface area (Å²) in [6.07, 6.45) is 41.4. The summed E-state index contributed by atoms with van der Waals surface area (Å²) in [4.78, 5) is 33.9. The van der Waals surface area contributed by atoms with E-state index in [-0.39, 0.29) is 32.1 Å². The summed E-state index contributed by atoms with van der Waals surface area (Å²) in [7, 11) is -4.41. The van der Waals surface area contributed by atoms with Gasteiger partial charge in [-0.2, -0.15) is 0 Å². The number of unbranched alkanes of at least 4 members (excludes halogenated alkanes) is 27. The van der Waals surface area contributed by atoms with E-state index in [9.17, 15) is 24.2 Å². The van der Waals surface area contributed by atoms with Gasteiger partial charge in [-0.15, -0.1) is 0 Å². The van der Waals surface area contributed by atoms with Gasteiger partial charge in [0.05, 0.1) is 13.2 Å². The van der Waals surface area contributed by atoms with E-state index in [1.165, 1.54) is 154 Å². The van der Waals surface area contributed by atoms with Crippen LogP contribution in [0.2, 0.25) is 0 Å². The first-order valence-electron chi connectivity index (χ1n) is 22.2. The van der Waals surface area contributed by atoms with Crippen molar-refractivity contribution in [3.05, 3.63) is 12.2 Å². The Hall–Kier alpha value is -1.25. The van der Waals surface area contributed by atoms with Gasteiger partial charge in [-0.25, -0.2) is 4.57 Å². The van der Waals surface area contributed by atoms with Gasteiger partial charge in [0, 0.05) is 19.4 Å². The number of esters is 1. The van der Waals surface area contributed by atoms with Crippen molar-refractivity contribution in [1.82, 2.24) is 5.32 Å². The summed E-state index contributed by atoms with van der Waals surface area (Å²) in [5.74, 6) is -0.512. The zero-order chi connectivity index (χ0) is 38.9. The fourth-order valence-electron chi connectivity index (χ4n) is 6.32. The summed E-state index contributed by atoms with van der Waals surface area (Å²) in [6, 6.07) is 0. The Labute approximate surface area is 326 Å². The Morgan fingerprint density at radius 3 is 1.42 bits per heavy atom. The Morgan fingerprint density at radius 2 is 0.962 bits per heavy atom. The zero-order valence-electron chi connectivity index (χ0n) is 34.5. The highest BCUT2D eigenvalue weighted by Crippen LogP contribution is 2.42. The second-order valence-corrected chi connectivity index (χ2v) is 16.5. The van der Waals surface area contributed by atoms with Crippen LogP contribution in [-0.2, 0) is 27.9 Å². The number of carbonyl (C=O) groups is 2. The molecule has 314 valence electrons. The predicted octanol–water partition coefficient (Wildman–Crippen LogP) is 12.2. The van der Waals surface area contributed by atoms with Crippen LogP contribution in [0, 0.1) is 0 Å². The molecule has 53 heavy (non-hydrogen) atoms. The number of nitrogens with one attached hydrogen (secondary N) is 1.